The van der Waals surface area contributed by atoms with E-state index in [1.54, 1.807) is 0 Å². The van der Waals surface area contributed by atoms with Crippen LogP contribution in [0.25, 0.3) is 0 Å². The largest absolute Gasteiger partial charge is 1.00 e. The van der Waals surface area contributed by atoms with Crippen LogP contribution in [0.15, 0.2) is 0 Å². The molecule has 0 radical (unpaired) electrons. The van der Waals surface area contributed by atoms with Crippen LogP contribution >= 0.6 is 0 Å². The second kappa shape index (κ2) is 5.20. The van der Waals surface area contributed by atoms with E-state index in [2.05, 4.69) is 58.9 Å². The van der Waals surface area contributed by atoms with Gasteiger partial charge in [0.1, 0.15) is 0 Å². The maximum atomic E-state index is 2.61. The first-order valence-corrected chi connectivity index (χ1v) is 20.2. The summed E-state index contributed by atoms with van der Waals surface area (Å²) >= 11 is 0. The van der Waals surface area contributed by atoms with Crippen LogP contribution in [0.5, 0.6) is 0 Å². The minimum Gasteiger partial charge on any atom is -0.252 e. The van der Waals surface area contributed by atoms with Crippen LogP contribution in [0.2, 0.25) is 58.9 Å². The molecule has 0 aliphatic rings. The van der Waals surface area contributed by atoms with E-state index in [4.69, 9.17) is 0 Å². The molecule has 0 heterocycles. The van der Waals surface area contributed by atoms with Gasteiger partial charge in [0, 0.05) is 0 Å². The van der Waals surface area contributed by atoms with Gasteiger partial charge < -0.3 is 0 Å². The number of hydrogen-bond donors (Lipinski definition) is 0. The van der Waals surface area contributed by atoms with Crippen molar-refractivity contribution in [3.63, 3.8) is 0 Å². The van der Waals surface area contributed by atoms with Crippen LogP contribution < -0.4 is 18.9 Å². The van der Waals surface area contributed by atoms with E-state index in [0.29, 0.717) is 0 Å². The molecule has 14 heavy (non-hydrogen) atoms. The predicted molar refractivity (Wildman–Crippen MR) is 75.8 cm³/mol. The Labute approximate surface area is 107 Å². The van der Waals surface area contributed by atoms with Crippen molar-refractivity contribution < 1.29 is 18.9 Å². The molecule has 0 aromatic carbocycles. The van der Waals surface area contributed by atoms with Crippen molar-refractivity contribution in [1.29, 1.82) is 0 Å². The van der Waals surface area contributed by atoms with E-state index in [1.165, 1.54) is 0 Å². The van der Waals surface area contributed by atoms with Crippen LogP contribution in [0.1, 0.15) is 0 Å². The molecule has 0 rings (SSSR count). The third-order valence-electron chi connectivity index (χ3n) is 2.25. The second-order valence-corrected chi connectivity index (χ2v) is 43.9. The monoisotopic (exact) mass is 254 g/mol. The van der Waals surface area contributed by atoms with Gasteiger partial charge in [-0.25, -0.2) is 0 Å². The Balaban J connectivity index is 0. The Hall–Kier alpha value is 1.46. The molecule has 0 bridgehead atoms. The summed E-state index contributed by atoms with van der Waals surface area (Å²) in [4.78, 5) is 0. The van der Waals surface area contributed by atoms with Crippen molar-refractivity contribution in [3.05, 3.63) is 0 Å². The van der Waals surface area contributed by atoms with E-state index < -0.39 is 22.8 Å². The third kappa shape index (κ3) is 5.52. The van der Waals surface area contributed by atoms with Gasteiger partial charge in [-0.3, -0.25) is 7.35 Å². The van der Waals surface area contributed by atoms with Gasteiger partial charge in [0.25, 0.3) is 0 Å². The predicted octanol–water partition coefficient (Wildman–Crippen LogP) is 0.735. The minimum atomic E-state index is -0.832. The van der Waals surface area contributed by atoms with Gasteiger partial charge in [-0.1, -0.05) is 58.9 Å². The van der Waals surface area contributed by atoms with Crippen molar-refractivity contribution in [1.82, 2.24) is 0 Å². The van der Waals surface area contributed by atoms with Crippen molar-refractivity contribution in [2.45, 2.75) is 58.9 Å². The zero-order valence-electron chi connectivity index (χ0n) is 12.0. The first kappa shape index (κ1) is 17.8. The topological polar surface area (TPSA) is 0 Å². The zero-order chi connectivity index (χ0) is 11.1. The quantitative estimate of drug-likeness (QED) is 0.652. The number of rotatable bonds is 3. The fraction of sp³-hybridized carbons (Fsp3) is 1.00. The molecule has 0 aliphatic heterocycles. The maximum absolute atomic E-state index is 2.61. The van der Waals surface area contributed by atoms with Crippen LogP contribution in [0, 0.1) is 0 Å². The fourth-order valence-corrected chi connectivity index (χ4v) is 91.1. The van der Waals surface area contributed by atoms with Crippen LogP contribution in [-0.4, -0.2) is 30.1 Å². The molecule has 0 aromatic rings. The molecule has 0 aromatic heterocycles. The Morgan fingerprint density at radius 2 is 0.643 bits per heavy atom. The zero-order valence-corrected chi connectivity index (χ0v) is 16.0. The van der Waals surface area contributed by atoms with Crippen molar-refractivity contribution in [2.24, 2.45) is 0 Å². The Morgan fingerprint density at radius 1 is 0.500 bits per heavy atom. The summed E-state index contributed by atoms with van der Waals surface area (Å²) in [5, 5.41) is 0. The van der Waals surface area contributed by atoms with Crippen LogP contribution in [-0.2, 0) is 0 Å². The molecular formula is C9H27LiSi4. The third-order valence-corrected chi connectivity index (χ3v) is 60.8. The van der Waals surface area contributed by atoms with Crippen molar-refractivity contribution in [2.75, 3.05) is 0 Å². The van der Waals surface area contributed by atoms with E-state index in [9.17, 15) is 0 Å². The molecule has 0 spiro atoms. The summed E-state index contributed by atoms with van der Waals surface area (Å²) < 4.78 is 0. The Bertz CT molecular complexity index is 139. The molecule has 0 saturated heterocycles. The minimum absolute atomic E-state index is 0. The van der Waals surface area contributed by atoms with E-state index in [1.807, 2.05) is 0 Å². The Morgan fingerprint density at radius 3 is 0.643 bits per heavy atom. The standard InChI is InChI=1S/C9H27Si4.Li/c1-11(2,3)10(12(4,5)6)13(7,8)9;/h1-9H3;/q-1;+1. The first-order valence-electron chi connectivity index (χ1n) is 5.25. The van der Waals surface area contributed by atoms with Gasteiger partial charge >= 0.3 is 18.9 Å². The molecule has 5 heteroatoms. The molecule has 0 nitrogen and oxygen atoms in total. The molecule has 0 N–H and O–H groups in total. The van der Waals surface area contributed by atoms with Crippen LogP contribution in [0.3, 0.4) is 0 Å². The maximum Gasteiger partial charge on any atom is 1.00 e. The van der Waals surface area contributed by atoms with E-state index in [-0.39, 0.29) is 26.2 Å². The van der Waals surface area contributed by atoms with Crippen LogP contribution in [0.4, 0.5) is 0 Å². The van der Waals surface area contributed by atoms with Gasteiger partial charge in [-0.15, -0.1) is 22.8 Å². The second-order valence-electron chi connectivity index (χ2n) is 7.12. The summed E-state index contributed by atoms with van der Waals surface area (Å²) in [5.74, 6) is 0. The molecule has 0 fully saturated rings. The van der Waals surface area contributed by atoms with Crippen molar-refractivity contribution >= 4 is 30.1 Å². The summed E-state index contributed by atoms with van der Waals surface area (Å²) in [6.45, 7) is 23.5. The average Bonchev–Trinajstić information content (AvgIpc) is 1.44. The fourth-order valence-electron chi connectivity index (χ4n) is 3.38. The number of hydrogen-bond acceptors (Lipinski definition) is 0. The SMILES string of the molecule is C[Si](C)(C)[Si-]([Si](C)(C)C)[Si](C)(C)C.[Li+]. The first-order chi connectivity index (χ1) is 5.37. The summed E-state index contributed by atoms with van der Waals surface area (Å²) in [7, 11) is -2.47. The molecule has 80 valence electrons. The molecule has 0 unspecified atom stereocenters. The summed E-state index contributed by atoms with van der Waals surface area (Å²) in [6.07, 6.45) is 0. The van der Waals surface area contributed by atoms with Gasteiger partial charge in [-0.05, 0) is 0 Å². The van der Waals surface area contributed by atoms with Gasteiger partial charge in [-0.2, -0.15) is 0 Å². The van der Waals surface area contributed by atoms with Gasteiger partial charge in [0.2, 0.25) is 0 Å². The van der Waals surface area contributed by atoms with Crippen molar-refractivity contribution in [3.8, 4) is 0 Å². The summed E-state index contributed by atoms with van der Waals surface area (Å²) in [6, 6.07) is 0. The van der Waals surface area contributed by atoms with Gasteiger partial charge in [0.15, 0.2) is 0 Å². The Kier molecular flexibility index (Phi) is 6.62. The van der Waals surface area contributed by atoms with E-state index >= 15 is 0 Å². The normalized spacial score (nSPS) is 14.1. The molecule has 0 aliphatic carbocycles. The average molecular weight is 255 g/mol. The molecular weight excluding hydrogens is 227 g/mol. The smallest absolute Gasteiger partial charge is 0.252 e. The molecule has 0 atom stereocenters. The summed E-state index contributed by atoms with van der Waals surface area (Å²) in [5.41, 5.74) is 0. The molecule has 0 saturated carbocycles. The molecule has 0 amide bonds. The van der Waals surface area contributed by atoms with Gasteiger partial charge in [0.05, 0.1) is 0 Å². The van der Waals surface area contributed by atoms with E-state index in [0.717, 1.165) is 0 Å².